The highest BCUT2D eigenvalue weighted by Crippen LogP contribution is 2.31. The molecule has 4 nitrogen and oxygen atoms in total. The number of hydrogen-bond donors (Lipinski definition) is 2. The largest absolute Gasteiger partial charge is 0.311 e. The average molecular weight is 300 g/mol. The van der Waals surface area contributed by atoms with Gasteiger partial charge in [-0.2, -0.15) is 5.10 Å². The predicted molar refractivity (Wildman–Crippen MR) is 84.2 cm³/mol. The third-order valence-corrected chi connectivity index (χ3v) is 3.60. The lowest BCUT2D eigenvalue weighted by molar-refractivity contribution is -0.116. The first-order valence-corrected chi connectivity index (χ1v) is 7.04. The number of carbonyl (C=O) groups excluding carboxylic acids is 1. The number of nitrogens with zero attached hydrogens (tertiary/aromatic N) is 1. The van der Waals surface area contributed by atoms with Crippen LogP contribution in [0.5, 0.6) is 0 Å². The third-order valence-electron chi connectivity index (χ3n) is 3.35. The first-order chi connectivity index (χ1) is 10.2. The number of benzene rings is 1. The molecule has 2 heterocycles. The Balaban J connectivity index is 1.69. The minimum Gasteiger partial charge on any atom is -0.311 e. The van der Waals surface area contributed by atoms with Crippen molar-refractivity contribution in [2.75, 3.05) is 5.32 Å². The van der Waals surface area contributed by atoms with Crippen LogP contribution in [0.25, 0.3) is 6.08 Å². The zero-order valence-corrected chi connectivity index (χ0v) is 12.0. The Bertz CT molecular complexity index is 701. The SMILES string of the molecule is O=C1C[C@H](/C=C/C=C/c2ccc(Cl)cc2)c2cn[nH]c2N1. The summed E-state index contributed by atoms with van der Waals surface area (Å²) in [6, 6.07) is 7.62. The maximum atomic E-state index is 11.6. The fourth-order valence-electron chi connectivity index (χ4n) is 2.29. The molecule has 3 rings (SSSR count). The molecule has 1 aliphatic rings. The minimum absolute atomic E-state index is 0.00285. The van der Waals surface area contributed by atoms with Crippen molar-refractivity contribution >= 4 is 29.4 Å². The number of aromatic amines is 1. The van der Waals surface area contributed by atoms with Crippen molar-refractivity contribution in [1.29, 1.82) is 0 Å². The van der Waals surface area contributed by atoms with E-state index in [2.05, 4.69) is 15.5 Å². The molecular weight excluding hydrogens is 286 g/mol. The molecular formula is C16H14ClN3O. The monoisotopic (exact) mass is 299 g/mol. The number of nitrogens with one attached hydrogen (secondary N) is 2. The maximum absolute atomic E-state index is 11.6. The number of halogens is 1. The summed E-state index contributed by atoms with van der Waals surface area (Å²) in [6.45, 7) is 0. The van der Waals surface area contributed by atoms with E-state index < -0.39 is 0 Å². The summed E-state index contributed by atoms with van der Waals surface area (Å²) < 4.78 is 0. The summed E-state index contributed by atoms with van der Waals surface area (Å²) in [6.07, 6.45) is 10.1. The zero-order chi connectivity index (χ0) is 14.7. The molecule has 0 bridgehead atoms. The van der Waals surface area contributed by atoms with E-state index in [1.807, 2.05) is 48.6 Å². The van der Waals surface area contributed by atoms with E-state index in [1.165, 1.54) is 0 Å². The topological polar surface area (TPSA) is 57.8 Å². The molecule has 0 unspecified atom stereocenters. The number of H-pyrrole nitrogens is 1. The summed E-state index contributed by atoms with van der Waals surface area (Å²) in [7, 11) is 0. The number of rotatable bonds is 3. The Kier molecular flexibility index (Phi) is 3.88. The van der Waals surface area contributed by atoms with Gasteiger partial charge in [0.15, 0.2) is 0 Å². The first kappa shape index (κ1) is 13.6. The molecule has 0 radical (unpaired) electrons. The molecule has 5 heteroatoms. The van der Waals surface area contributed by atoms with Gasteiger partial charge in [0.1, 0.15) is 5.82 Å². The number of aromatic nitrogens is 2. The van der Waals surface area contributed by atoms with E-state index in [0.29, 0.717) is 12.2 Å². The highest BCUT2D eigenvalue weighted by molar-refractivity contribution is 6.30. The lowest BCUT2D eigenvalue weighted by Gasteiger charge is -2.18. The summed E-state index contributed by atoms with van der Waals surface area (Å²) in [5.74, 6) is 0.757. The van der Waals surface area contributed by atoms with Gasteiger partial charge in [-0.3, -0.25) is 9.89 Å². The fraction of sp³-hybridized carbons (Fsp3) is 0.125. The van der Waals surface area contributed by atoms with Gasteiger partial charge < -0.3 is 5.32 Å². The average Bonchev–Trinajstić information content (AvgIpc) is 2.93. The quantitative estimate of drug-likeness (QED) is 0.848. The van der Waals surface area contributed by atoms with Crippen molar-refractivity contribution < 1.29 is 4.79 Å². The van der Waals surface area contributed by atoms with Gasteiger partial charge in [0, 0.05) is 22.9 Å². The molecule has 1 atom stereocenters. The first-order valence-electron chi connectivity index (χ1n) is 6.66. The van der Waals surface area contributed by atoms with Crippen molar-refractivity contribution in [2.45, 2.75) is 12.3 Å². The van der Waals surface area contributed by atoms with Gasteiger partial charge in [-0.1, -0.05) is 48.0 Å². The van der Waals surface area contributed by atoms with Crippen LogP contribution in [0.4, 0.5) is 5.82 Å². The fourth-order valence-corrected chi connectivity index (χ4v) is 2.41. The van der Waals surface area contributed by atoms with Crippen molar-refractivity contribution in [3.8, 4) is 0 Å². The molecule has 1 amide bonds. The minimum atomic E-state index is 0.00285. The number of anilines is 1. The van der Waals surface area contributed by atoms with E-state index in [4.69, 9.17) is 11.6 Å². The van der Waals surface area contributed by atoms with Gasteiger partial charge in [-0.25, -0.2) is 0 Å². The smallest absolute Gasteiger partial charge is 0.226 e. The van der Waals surface area contributed by atoms with Crippen LogP contribution in [0, 0.1) is 0 Å². The van der Waals surface area contributed by atoms with E-state index in [-0.39, 0.29) is 11.8 Å². The number of hydrogen-bond acceptors (Lipinski definition) is 2. The predicted octanol–water partition coefficient (Wildman–Crippen LogP) is 3.76. The van der Waals surface area contributed by atoms with Crippen LogP contribution in [0.2, 0.25) is 5.02 Å². The normalized spacial score (nSPS) is 18.1. The van der Waals surface area contributed by atoms with E-state index in [1.54, 1.807) is 6.20 Å². The number of allylic oxidation sites excluding steroid dienone is 3. The molecule has 21 heavy (non-hydrogen) atoms. The Morgan fingerprint density at radius 1 is 1.24 bits per heavy atom. The van der Waals surface area contributed by atoms with Crippen molar-refractivity contribution in [1.82, 2.24) is 10.2 Å². The number of carbonyl (C=O) groups is 1. The Morgan fingerprint density at radius 3 is 2.86 bits per heavy atom. The summed E-state index contributed by atoms with van der Waals surface area (Å²) >= 11 is 5.84. The van der Waals surface area contributed by atoms with Gasteiger partial charge in [-0.15, -0.1) is 0 Å². The second-order valence-electron chi connectivity index (χ2n) is 4.85. The Morgan fingerprint density at radius 2 is 2.05 bits per heavy atom. The van der Waals surface area contributed by atoms with E-state index in [0.717, 1.165) is 16.1 Å². The van der Waals surface area contributed by atoms with Crippen LogP contribution in [0.15, 0.2) is 48.7 Å². The molecule has 1 aromatic heterocycles. The maximum Gasteiger partial charge on any atom is 0.226 e. The molecule has 0 fully saturated rings. The van der Waals surface area contributed by atoms with E-state index >= 15 is 0 Å². The molecule has 106 valence electrons. The van der Waals surface area contributed by atoms with Gasteiger partial charge in [0.2, 0.25) is 5.91 Å². The Hall–Kier alpha value is -2.33. The van der Waals surface area contributed by atoms with Crippen LogP contribution >= 0.6 is 11.6 Å². The number of amides is 1. The molecule has 0 aliphatic carbocycles. The molecule has 2 aromatic rings. The molecule has 0 saturated carbocycles. The summed E-state index contributed by atoms with van der Waals surface area (Å²) in [5.41, 5.74) is 2.10. The lowest BCUT2D eigenvalue weighted by Crippen LogP contribution is -2.21. The molecule has 2 N–H and O–H groups in total. The zero-order valence-electron chi connectivity index (χ0n) is 11.2. The van der Waals surface area contributed by atoms with Gasteiger partial charge in [-0.05, 0) is 17.7 Å². The van der Waals surface area contributed by atoms with Crippen molar-refractivity contribution in [3.05, 3.63) is 64.8 Å². The Labute approximate surface area is 127 Å². The second kappa shape index (κ2) is 5.97. The summed E-state index contributed by atoms with van der Waals surface area (Å²) in [4.78, 5) is 11.6. The van der Waals surface area contributed by atoms with Crippen LogP contribution in [-0.2, 0) is 4.79 Å². The van der Waals surface area contributed by atoms with Crippen molar-refractivity contribution in [3.63, 3.8) is 0 Å². The second-order valence-corrected chi connectivity index (χ2v) is 5.29. The standard InChI is InChI=1S/C16H14ClN3O/c17-13-7-5-11(6-8-13)3-1-2-4-12-9-15(21)19-16-14(12)10-18-20-16/h1-8,10,12H,9H2,(H2,18,19,20,21)/b3-1+,4-2+/t12-/m0/s1. The third kappa shape index (κ3) is 3.23. The van der Waals surface area contributed by atoms with Crippen molar-refractivity contribution in [2.24, 2.45) is 0 Å². The molecule has 0 saturated heterocycles. The summed E-state index contributed by atoms with van der Waals surface area (Å²) in [5, 5.41) is 10.3. The van der Waals surface area contributed by atoms with Crippen LogP contribution in [0.1, 0.15) is 23.5 Å². The highest BCUT2D eigenvalue weighted by atomic mass is 35.5. The van der Waals surface area contributed by atoms with Gasteiger partial charge in [0.25, 0.3) is 0 Å². The van der Waals surface area contributed by atoms with Gasteiger partial charge in [0.05, 0.1) is 6.20 Å². The highest BCUT2D eigenvalue weighted by Gasteiger charge is 2.24. The van der Waals surface area contributed by atoms with Gasteiger partial charge >= 0.3 is 0 Å². The number of fused-ring (bicyclic) bond motifs is 1. The van der Waals surface area contributed by atoms with E-state index in [9.17, 15) is 4.79 Å². The van der Waals surface area contributed by atoms with Crippen LogP contribution in [-0.4, -0.2) is 16.1 Å². The van der Waals surface area contributed by atoms with Crippen LogP contribution < -0.4 is 5.32 Å². The molecule has 1 aliphatic heterocycles. The molecule has 1 aromatic carbocycles. The van der Waals surface area contributed by atoms with Crippen LogP contribution in [0.3, 0.4) is 0 Å². The molecule has 0 spiro atoms. The lowest BCUT2D eigenvalue weighted by atomic mass is 9.94.